The Morgan fingerprint density at radius 3 is 2.38 bits per heavy atom. The van der Waals surface area contributed by atoms with Gasteiger partial charge in [0.1, 0.15) is 11.6 Å². The summed E-state index contributed by atoms with van der Waals surface area (Å²) in [5.41, 5.74) is 1.77. The van der Waals surface area contributed by atoms with Crippen molar-refractivity contribution in [1.82, 2.24) is 4.90 Å². The smallest absolute Gasteiger partial charge is 0.255 e. The van der Waals surface area contributed by atoms with Crippen LogP contribution in [0.3, 0.4) is 0 Å². The zero-order valence-electron chi connectivity index (χ0n) is 13.4. The first-order valence-corrected chi connectivity index (χ1v) is 8.20. The third-order valence-corrected chi connectivity index (χ3v) is 4.21. The maximum absolute atomic E-state index is 13.3. The van der Waals surface area contributed by atoms with Crippen LogP contribution in [0.2, 0.25) is 0 Å². The summed E-state index contributed by atoms with van der Waals surface area (Å²) in [7, 11) is 0. The van der Waals surface area contributed by atoms with Crippen LogP contribution in [0, 0.1) is 11.6 Å². The van der Waals surface area contributed by atoms with Crippen molar-refractivity contribution in [2.24, 2.45) is 0 Å². The number of nitrogens with one attached hydrogen (secondary N) is 1. The molecule has 0 unspecified atom stereocenters. The van der Waals surface area contributed by atoms with Crippen LogP contribution >= 0.6 is 0 Å². The van der Waals surface area contributed by atoms with Crippen LogP contribution in [0.15, 0.2) is 42.5 Å². The lowest BCUT2D eigenvalue weighted by atomic mass is 10.1. The predicted molar refractivity (Wildman–Crippen MR) is 89.9 cm³/mol. The Kier molecular flexibility index (Phi) is 5.08. The van der Waals surface area contributed by atoms with Crippen LogP contribution in [-0.2, 0) is 6.54 Å². The fourth-order valence-electron chi connectivity index (χ4n) is 3.00. The molecule has 0 bridgehead atoms. The van der Waals surface area contributed by atoms with Crippen LogP contribution in [-0.4, -0.2) is 23.9 Å². The minimum atomic E-state index is -0.607. The van der Waals surface area contributed by atoms with Crippen molar-refractivity contribution in [2.75, 3.05) is 18.4 Å². The van der Waals surface area contributed by atoms with Crippen LogP contribution in [0.4, 0.5) is 14.5 Å². The molecule has 0 radical (unpaired) electrons. The van der Waals surface area contributed by atoms with Crippen molar-refractivity contribution < 1.29 is 13.6 Å². The molecule has 3 rings (SSSR count). The van der Waals surface area contributed by atoms with Crippen LogP contribution in [0.1, 0.15) is 35.2 Å². The van der Waals surface area contributed by atoms with Crippen molar-refractivity contribution >= 4 is 11.6 Å². The van der Waals surface area contributed by atoms with Gasteiger partial charge in [-0.2, -0.15) is 0 Å². The summed E-state index contributed by atoms with van der Waals surface area (Å²) in [6.45, 7) is 1.81. The molecule has 0 aliphatic carbocycles. The van der Waals surface area contributed by atoms with Gasteiger partial charge in [-0.3, -0.25) is 4.79 Å². The first-order valence-electron chi connectivity index (χ1n) is 8.20. The van der Waals surface area contributed by atoms with Gasteiger partial charge in [-0.15, -0.1) is 0 Å². The average Bonchev–Trinajstić information content (AvgIpc) is 2.59. The first kappa shape index (κ1) is 16.4. The quantitative estimate of drug-likeness (QED) is 0.911. The number of para-hydroxylation sites is 1. The number of carbonyl (C=O) groups is 1. The second-order valence-electron chi connectivity index (χ2n) is 6.03. The number of amides is 1. The normalized spacial score (nSPS) is 14.5. The number of nitrogens with zero attached hydrogens (tertiary/aromatic N) is 1. The van der Waals surface area contributed by atoms with Gasteiger partial charge in [0.2, 0.25) is 0 Å². The molecule has 126 valence electrons. The second-order valence-corrected chi connectivity index (χ2v) is 6.03. The fourth-order valence-corrected chi connectivity index (χ4v) is 3.00. The highest BCUT2D eigenvalue weighted by Crippen LogP contribution is 2.21. The number of benzene rings is 2. The molecule has 0 saturated carbocycles. The van der Waals surface area contributed by atoms with Crippen LogP contribution < -0.4 is 5.32 Å². The Hall–Kier alpha value is -2.43. The molecule has 0 spiro atoms. The van der Waals surface area contributed by atoms with E-state index >= 15 is 0 Å². The Morgan fingerprint density at radius 2 is 1.67 bits per heavy atom. The van der Waals surface area contributed by atoms with Crippen molar-refractivity contribution in [3.05, 3.63) is 65.2 Å². The molecular formula is C19H20F2N2O. The van der Waals surface area contributed by atoms with Gasteiger partial charge in [0.25, 0.3) is 5.91 Å². The van der Waals surface area contributed by atoms with Gasteiger partial charge in [-0.25, -0.2) is 8.78 Å². The van der Waals surface area contributed by atoms with E-state index < -0.39 is 11.6 Å². The molecule has 1 amide bonds. The number of hydrogen-bond donors (Lipinski definition) is 1. The van der Waals surface area contributed by atoms with Gasteiger partial charge in [-0.05, 0) is 49.1 Å². The number of likely N-dealkylation sites (tertiary alicyclic amines) is 1. The lowest BCUT2D eigenvalue weighted by Crippen LogP contribution is -2.35. The van der Waals surface area contributed by atoms with Gasteiger partial charge in [0, 0.05) is 31.4 Å². The number of halogens is 2. The van der Waals surface area contributed by atoms with Gasteiger partial charge in [-0.1, -0.05) is 12.1 Å². The number of anilines is 1. The first-order chi connectivity index (χ1) is 11.6. The summed E-state index contributed by atoms with van der Waals surface area (Å²) in [6.07, 6.45) is 3.22. The van der Waals surface area contributed by atoms with E-state index in [0.717, 1.165) is 38.4 Å². The minimum absolute atomic E-state index is 0.00298. The highest BCUT2D eigenvalue weighted by Gasteiger charge is 2.20. The number of rotatable bonds is 4. The van der Waals surface area contributed by atoms with E-state index in [1.807, 2.05) is 23.1 Å². The maximum Gasteiger partial charge on any atom is 0.255 e. The van der Waals surface area contributed by atoms with Gasteiger partial charge in [0.15, 0.2) is 0 Å². The largest absolute Gasteiger partial charge is 0.380 e. The summed E-state index contributed by atoms with van der Waals surface area (Å²) in [5, 5.41) is 3.12. The van der Waals surface area contributed by atoms with Crippen LogP contribution in [0.25, 0.3) is 0 Å². The van der Waals surface area contributed by atoms with Crippen LogP contribution in [0.5, 0.6) is 0 Å². The zero-order valence-corrected chi connectivity index (χ0v) is 13.4. The van der Waals surface area contributed by atoms with E-state index in [1.165, 1.54) is 12.1 Å². The van der Waals surface area contributed by atoms with E-state index in [-0.39, 0.29) is 12.5 Å². The Labute approximate surface area is 140 Å². The van der Waals surface area contributed by atoms with Crippen molar-refractivity contribution in [3.63, 3.8) is 0 Å². The molecule has 2 aromatic carbocycles. The van der Waals surface area contributed by atoms with Gasteiger partial charge < -0.3 is 10.2 Å². The van der Waals surface area contributed by atoms with Crippen molar-refractivity contribution in [3.8, 4) is 0 Å². The third-order valence-electron chi connectivity index (χ3n) is 4.21. The molecule has 1 fully saturated rings. The molecule has 5 heteroatoms. The molecule has 1 N–H and O–H groups in total. The van der Waals surface area contributed by atoms with E-state index in [2.05, 4.69) is 5.32 Å². The minimum Gasteiger partial charge on any atom is -0.380 e. The van der Waals surface area contributed by atoms with Gasteiger partial charge in [0.05, 0.1) is 5.56 Å². The Morgan fingerprint density at radius 1 is 1.00 bits per heavy atom. The van der Waals surface area contributed by atoms with E-state index in [9.17, 15) is 13.6 Å². The standard InChI is InChI=1S/C19H20F2N2O/c20-15-10-14(11-16(21)12-15)13-22-18-7-3-2-6-17(18)19(24)23-8-4-1-5-9-23/h2-3,6-7,10-12,22H,1,4-5,8-9,13H2. The zero-order chi connectivity index (χ0) is 16.9. The topological polar surface area (TPSA) is 32.3 Å². The SMILES string of the molecule is O=C(c1ccccc1NCc1cc(F)cc(F)c1)N1CCCCC1. The number of carbonyl (C=O) groups excluding carboxylic acids is 1. The molecule has 1 saturated heterocycles. The lowest BCUT2D eigenvalue weighted by molar-refractivity contribution is 0.0725. The molecule has 2 aromatic rings. The molecule has 24 heavy (non-hydrogen) atoms. The Balaban J connectivity index is 1.75. The lowest BCUT2D eigenvalue weighted by Gasteiger charge is -2.27. The second kappa shape index (κ2) is 7.43. The predicted octanol–water partition coefficient (Wildman–Crippen LogP) is 4.20. The highest BCUT2D eigenvalue weighted by molar-refractivity contribution is 5.99. The monoisotopic (exact) mass is 330 g/mol. The molecule has 1 aliphatic heterocycles. The average molecular weight is 330 g/mol. The number of hydrogen-bond acceptors (Lipinski definition) is 2. The van der Waals surface area contributed by atoms with Crippen molar-refractivity contribution in [2.45, 2.75) is 25.8 Å². The summed E-state index contributed by atoms with van der Waals surface area (Å²) in [5.74, 6) is -1.21. The summed E-state index contributed by atoms with van der Waals surface area (Å²) < 4.78 is 26.6. The molecule has 1 heterocycles. The summed E-state index contributed by atoms with van der Waals surface area (Å²) in [4.78, 5) is 14.6. The highest BCUT2D eigenvalue weighted by atomic mass is 19.1. The molecule has 1 aliphatic rings. The van der Waals surface area contributed by atoms with E-state index in [4.69, 9.17) is 0 Å². The van der Waals surface area contributed by atoms with Crippen molar-refractivity contribution in [1.29, 1.82) is 0 Å². The van der Waals surface area contributed by atoms with E-state index in [1.54, 1.807) is 6.07 Å². The van der Waals surface area contributed by atoms with Gasteiger partial charge >= 0.3 is 0 Å². The molecule has 0 aromatic heterocycles. The summed E-state index contributed by atoms with van der Waals surface area (Å²) >= 11 is 0. The molecular weight excluding hydrogens is 310 g/mol. The Bertz CT molecular complexity index is 707. The maximum atomic E-state index is 13.3. The third kappa shape index (κ3) is 3.91. The van der Waals surface area contributed by atoms with E-state index in [0.29, 0.717) is 16.8 Å². The summed E-state index contributed by atoms with van der Waals surface area (Å²) in [6, 6.07) is 10.7. The molecule has 0 atom stereocenters. The fraction of sp³-hybridized carbons (Fsp3) is 0.316. The molecule has 3 nitrogen and oxygen atoms in total. The number of piperidine rings is 1.